The first-order chi connectivity index (χ1) is 14.2. The molecule has 6 nitrogen and oxygen atoms in total. The van der Waals surface area contributed by atoms with Gasteiger partial charge in [-0.1, -0.05) is 26.0 Å². The Bertz CT molecular complexity index is 1210. The lowest BCUT2D eigenvalue weighted by Crippen LogP contribution is -2.02. The minimum Gasteiger partial charge on any atom is -0.339 e. The highest BCUT2D eigenvalue weighted by molar-refractivity contribution is 7.91. The fourth-order valence-corrected chi connectivity index (χ4v) is 4.27. The second kappa shape index (κ2) is 8.56. The number of anilines is 1. The topological polar surface area (TPSA) is 87.2 Å². The van der Waals surface area contributed by atoms with Crippen LogP contribution in [0.5, 0.6) is 0 Å². The van der Waals surface area contributed by atoms with Crippen LogP contribution in [0.4, 0.5) is 5.69 Å². The van der Waals surface area contributed by atoms with Crippen LogP contribution in [0, 0.1) is 18.3 Å². The number of nitrogens with zero attached hydrogens (tertiary/aromatic N) is 3. The predicted molar refractivity (Wildman–Crippen MR) is 119 cm³/mol. The molecule has 154 valence electrons. The first-order valence-electron chi connectivity index (χ1n) is 9.54. The maximum Gasteiger partial charge on any atom is 0.206 e. The second-order valence-electron chi connectivity index (χ2n) is 7.36. The Hall–Kier alpha value is -3.37. The molecule has 0 fully saturated rings. The van der Waals surface area contributed by atoms with E-state index < -0.39 is 9.84 Å². The number of nitrogens with one attached hydrogen (secondary N) is 1. The van der Waals surface area contributed by atoms with Gasteiger partial charge in [0.25, 0.3) is 0 Å². The van der Waals surface area contributed by atoms with Gasteiger partial charge >= 0.3 is 0 Å². The molecule has 0 unspecified atom stereocenters. The second-order valence-corrected chi connectivity index (χ2v) is 9.31. The van der Waals surface area contributed by atoms with Gasteiger partial charge in [0.2, 0.25) is 9.84 Å². The fourth-order valence-electron chi connectivity index (χ4n) is 3.01. The molecule has 30 heavy (non-hydrogen) atoms. The van der Waals surface area contributed by atoms with Crippen molar-refractivity contribution in [1.29, 1.82) is 5.26 Å². The van der Waals surface area contributed by atoms with Gasteiger partial charge in [0.15, 0.2) is 0 Å². The van der Waals surface area contributed by atoms with Crippen molar-refractivity contribution < 1.29 is 8.42 Å². The van der Waals surface area contributed by atoms with E-state index >= 15 is 0 Å². The van der Waals surface area contributed by atoms with Gasteiger partial charge in [0, 0.05) is 18.3 Å². The minimum atomic E-state index is -3.57. The molecule has 1 aromatic heterocycles. The van der Waals surface area contributed by atoms with Crippen molar-refractivity contribution in [2.45, 2.75) is 36.5 Å². The van der Waals surface area contributed by atoms with E-state index in [1.807, 2.05) is 26.1 Å². The average Bonchev–Trinajstić information content (AvgIpc) is 3.02. The summed E-state index contributed by atoms with van der Waals surface area (Å²) in [4.78, 5) is 0.505. The molecule has 3 aromatic rings. The molecular formula is C23H24N4O2S. The van der Waals surface area contributed by atoms with E-state index in [1.165, 1.54) is 0 Å². The Morgan fingerprint density at radius 1 is 1.07 bits per heavy atom. The highest BCUT2D eigenvalue weighted by Crippen LogP contribution is 2.24. The van der Waals surface area contributed by atoms with Crippen molar-refractivity contribution in [2.24, 2.45) is 12.1 Å². The van der Waals surface area contributed by atoms with Crippen molar-refractivity contribution in [2.75, 3.05) is 5.43 Å². The van der Waals surface area contributed by atoms with Crippen LogP contribution in [0.25, 0.3) is 0 Å². The van der Waals surface area contributed by atoms with E-state index in [2.05, 4.69) is 30.4 Å². The summed E-state index contributed by atoms with van der Waals surface area (Å²) in [5.74, 6) is 0.346. The summed E-state index contributed by atoms with van der Waals surface area (Å²) >= 11 is 0. The lowest BCUT2D eigenvalue weighted by atomic mass is 10.0. The van der Waals surface area contributed by atoms with Crippen LogP contribution in [-0.4, -0.2) is 19.2 Å². The molecule has 1 heterocycles. The van der Waals surface area contributed by atoms with E-state index in [-0.39, 0.29) is 9.79 Å². The highest BCUT2D eigenvalue weighted by Gasteiger charge is 2.17. The number of hydrazone groups is 1. The average molecular weight is 421 g/mol. The monoisotopic (exact) mass is 420 g/mol. The summed E-state index contributed by atoms with van der Waals surface area (Å²) in [6.45, 7) is 6.05. The number of sulfone groups is 1. The number of rotatable bonds is 6. The largest absolute Gasteiger partial charge is 0.339 e. The zero-order valence-corrected chi connectivity index (χ0v) is 18.2. The maximum absolute atomic E-state index is 12.8. The van der Waals surface area contributed by atoms with Gasteiger partial charge in [-0.2, -0.15) is 10.4 Å². The number of hydrogen-bond donors (Lipinski definition) is 1. The van der Waals surface area contributed by atoms with Crippen LogP contribution in [0.3, 0.4) is 0 Å². The summed E-state index contributed by atoms with van der Waals surface area (Å²) in [6.07, 6.45) is 1.64. The molecule has 0 amide bonds. The highest BCUT2D eigenvalue weighted by atomic mass is 32.2. The van der Waals surface area contributed by atoms with E-state index in [0.29, 0.717) is 17.3 Å². The summed E-state index contributed by atoms with van der Waals surface area (Å²) < 4.78 is 27.5. The van der Waals surface area contributed by atoms with Crippen LogP contribution in [0.15, 0.2) is 69.5 Å². The van der Waals surface area contributed by atoms with Gasteiger partial charge in [-0.25, -0.2) is 8.42 Å². The SMILES string of the molecule is Cc1c(/C=N\Nc2ccc(S(=O)(=O)c3ccc(C(C)C)cc3)cc2)cc(C#N)n1C. The molecule has 0 atom stereocenters. The van der Waals surface area contributed by atoms with Crippen LogP contribution >= 0.6 is 0 Å². The van der Waals surface area contributed by atoms with Crippen LogP contribution in [0.1, 0.15) is 42.3 Å². The van der Waals surface area contributed by atoms with E-state index in [1.54, 1.807) is 53.2 Å². The van der Waals surface area contributed by atoms with Crippen molar-refractivity contribution in [3.8, 4) is 6.07 Å². The lowest BCUT2D eigenvalue weighted by molar-refractivity contribution is 0.596. The third kappa shape index (κ3) is 4.29. The van der Waals surface area contributed by atoms with E-state index in [9.17, 15) is 8.42 Å². The van der Waals surface area contributed by atoms with Gasteiger partial charge in [-0.3, -0.25) is 5.43 Å². The van der Waals surface area contributed by atoms with Crippen LogP contribution in [-0.2, 0) is 16.9 Å². The Labute approximate surface area is 177 Å². The third-order valence-corrected chi connectivity index (χ3v) is 6.89. The van der Waals surface area contributed by atoms with Gasteiger partial charge in [-0.15, -0.1) is 0 Å². The van der Waals surface area contributed by atoms with Gasteiger partial charge in [0.05, 0.1) is 21.7 Å². The smallest absolute Gasteiger partial charge is 0.206 e. The van der Waals surface area contributed by atoms with Gasteiger partial charge < -0.3 is 4.57 Å². The van der Waals surface area contributed by atoms with Gasteiger partial charge in [-0.05, 0) is 60.9 Å². The number of benzene rings is 2. The Morgan fingerprint density at radius 3 is 2.13 bits per heavy atom. The summed E-state index contributed by atoms with van der Waals surface area (Å²) in [5, 5.41) is 13.3. The first kappa shape index (κ1) is 21.3. The maximum atomic E-state index is 12.8. The van der Waals surface area contributed by atoms with Crippen molar-refractivity contribution in [3.63, 3.8) is 0 Å². The van der Waals surface area contributed by atoms with Crippen molar-refractivity contribution >= 4 is 21.7 Å². The summed E-state index contributed by atoms with van der Waals surface area (Å²) in [6, 6.07) is 17.4. The molecule has 3 rings (SSSR count). The molecule has 1 N–H and O–H groups in total. The number of aromatic nitrogens is 1. The molecule has 0 saturated heterocycles. The molecular weight excluding hydrogens is 396 g/mol. The van der Waals surface area contributed by atoms with E-state index in [4.69, 9.17) is 5.26 Å². The fraction of sp³-hybridized carbons (Fsp3) is 0.217. The Kier molecular flexibility index (Phi) is 6.09. The first-order valence-corrected chi connectivity index (χ1v) is 11.0. The molecule has 2 aromatic carbocycles. The summed E-state index contributed by atoms with van der Waals surface area (Å²) in [7, 11) is -1.74. The molecule has 7 heteroatoms. The quantitative estimate of drug-likeness (QED) is 0.466. The molecule has 0 aliphatic carbocycles. The van der Waals surface area contributed by atoms with E-state index in [0.717, 1.165) is 16.8 Å². The van der Waals surface area contributed by atoms with Crippen molar-refractivity contribution in [1.82, 2.24) is 4.57 Å². The molecule has 0 spiro atoms. The minimum absolute atomic E-state index is 0.229. The van der Waals surface area contributed by atoms with Crippen LogP contribution < -0.4 is 5.43 Å². The predicted octanol–water partition coefficient (Wildman–Crippen LogP) is 4.61. The molecule has 0 radical (unpaired) electrons. The van der Waals surface area contributed by atoms with Crippen LogP contribution in [0.2, 0.25) is 0 Å². The van der Waals surface area contributed by atoms with Gasteiger partial charge in [0.1, 0.15) is 11.8 Å². The molecule has 0 bridgehead atoms. The molecule has 0 saturated carbocycles. The summed E-state index contributed by atoms with van der Waals surface area (Å²) in [5.41, 5.74) is 6.98. The third-order valence-electron chi connectivity index (χ3n) is 5.11. The molecule has 0 aliphatic rings. The zero-order chi connectivity index (χ0) is 21.9. The lowest BCUT2D eigenvalue weighted by Gasteiger charge is -2.09. The standard InChI is InChI=1S/C23H24N4O2S/c1-16(2)18-5-9-22(10-6-18)30(28,29)23-11-7-20(8-12-23)26-25-15-19-13-21(14-24)27(4)17(19)3/h5-13,15-16,26H,1-4H3/b25-15-. The Morgan fingerprint density at radius 2 is 1.63 bits per heavy atom. The molecule has 0 aliphatic heterocycles. The Balaban J connectivity index is 1.74. The number of hydrogen-bond acceptors (Lipinski definition) is 5. The number of nitriles is 1. The zero-order valence-electron chi connectivity index (χ0n) is 17.4. The van der Waals surface area contributed by atoms with Crippen molar-refractivity contribution in [3.05, 3.63) is 77.1 Å². The normalized spacial score (nSPS) is 11.7.